The molecule has 3 nitrogen and oxygen atoms in total. The van der Waals surface area contributed by atoms with E-state index in [-0.39, 0.29) is 23.5 Å². The van der Waals surface area contributed by atoms with E-state index in [9.17, 15) is 4.79 Å². The van der Waals surface area contributed by atoms with Crippen LogP contribution in [0.3, 0.4) is 0 Å². The average Bonchev–Trinajstić information content (AvgIpc) is 2.83. The van der Waals surface area contributed by atoms with E-state index in [4.69, 9.17) is 0 Å². The Labute approximate surface area is 120 Å². The van der Waals surface area contributed by atoms with Crippen molar-refractivity contribution in [1.29, 1.82) is 0 Å². The summed E-state index contributed by atoms with van der Waals surface area (Å²) in [4.78, 5) is 18.2. The van der Waals surface area contributed by atoms with Gasteiger partial charge >= 0.3 is 0 Å². The van der Waals surface area contributed by atoms with Crippen LogP contribution in [-0.4, -0.2) is 40.4 Å². The number of nitrogens with zero attached hydrogens (tertiary/aromatic N) is 2. The highest BCUT2D eigenvalue weighted by Gasteiger charge is 2.54. The third kappa shape index (κ3) is 2.43. The molecule has 0 bridgehead atoms. The number of amides is 1. The maximum Gasteiger partial charge on any atom is 0.243 e. The lowest BCUT2D eigenvalue weighted by atomic mass is 9.86. The molecule has 2 rings (SSSR count). The highest BCUT2D eigenvalue weighted by Crippen LogP contribution is 2.44. The Morgan fingerprint density at radius 2 is 1.95 bits per heavy atom. The molecule has 106 valence electrons. The van der Waals surface area contributed by atoms with Crippen LogP contribution in [0.2, 0.25) is 0 Å². The van der Waals surface area contributed by atoms with Gasteiger partial charge in [0, 0.05) is 10.4 Å². The Kier molecular flexibility index (Phi) is 4.02. The zero-order valence-electron chi connectivity index (χ0n) is 12.5. The van der Waals surface area contributed by atoms with E-state index < -0.39 is 0 Å². The van der Waals surface area contributed by atoms with Gasteiger partial charge in [-0.3, -0.25) is 9.69 Å². The molecule has 1 saturated heterocycles. The van der Waals surface area contributed by atoms with E-state index in [1.807, 2.05) is 4.90 Å². The molecule has 0 radical (unpaired) electrons. The fourth-order valence-corrected chi connectivity index (χ4v) is 3.78. The van der Waals surface area contributed by atoms with Gasteiger partial charge in [-0.2, -0.15) is 0 Å². The number of likely N-dealkylation sites (tertiary alicyclic amines) is 1. The molecule has 1 amide bonds. The smallest absolute Gasteiger partial charge is 0.243 e. The predicted octanol–water partition coefficient (Wildman–Crippen LogP) is 3.14. The summed E-state index contributed by atoms with van der Waals surface area (Å²) in [5, 5.41) is 2.10. The molecule has 1 fully saturated rings. The lowest BCUT2D eigenvalue weighted by Crippen LogP contribution is -2.69. The van der Waals surface area contributed by atoms with Gasteiger partial charge in [-0.1, -0.05) is 19.9 Å². The first-order chi connectivity index (χ1) is 8.91. The molecule has 0 unspecified atom stereocenters. The van der Waals surface area contributed by atoms with Gasteiger partial charge in [0.15, 0.2) is 0 Å². The van der Waals surface area contributed by atoms with Crippen LogP contribution in [0.1, 0.15) is 45.5 Å². The van der Waals surface area contributed by atoms with Gasteiger partial charge in [0.2, 0.25) is 5.91 Å². The number of carbonyl (C=O) groups excluding carboxylic acids is 1. The molecule has 0 N–H and O–H groups in total. The number of likely N-dealkylation sites (N-methyl/N-ethyl adjacent to an activating group) is 1. The minimum atomic E-state index is -0.116. The monoisotopic (exact) mass is 280 g/mol. The van der Waals surface area contributed by atoms with Gasteiger partial charge < -0.3 is 4.90 Å². The molecule has 2 atom stereocenters. The average molecular weight is 280 g/mol. The molecule has 1 aliphatic rings. The summed E-state index contributed by atoms with van der Waals surface area (Å²) < 4.78 is 0. The molecular formula is C15H24N2OS. The van der Waals surface area contributed by atoms with Gasteiger partial charge in [0.25, 0.3) is 0 Å². The lowest BCUT2D eigenvalue weighted by molar-refractivity contribution is -0.169. The molecule has 19 heavy (non-hydrogen) atoms. The van der Waals surface area contributed by atoms with Crippen molar-refractivity contribution in [2.45, 2.75) is 52.2 Å². The van der Waals surface area contributed by atoms with Crippen molar-refractivity contribution in [2.75, 3.05) is 13.1 Å². The van der Waals surface area contributed by atoms with Crippen LogP contribution in [0.25, 0.3) is 0 Å². The third-order valence-corrected chi connectivity index (χ3v) is 4.77. The first kappa shape index (κ1) is 14.5. The fraction of sp³-hybridized carbons (Fsp3) is 0.667. The number of thiophene rings is 1. The normalized spacial score (nSPS) is 23.9. The summed E-state index contributed by atoms with van der Waals surface area (Å²) in [6.07, 6.45) is 0. The van der Waals surface area contributed by atoms with Crippen LogP contribution < -0.4 is 0 Å². The van der Waals surface area contributed by atoms with Gasteiger partial charge in [0.1, 0.15) is 6.04 Å². The Bertz CT molecular complexity index is 431. The molecule has 0 aliphatic carbocycles. The van der Waals surface area contributed by atoms with Crippen LogP contribution in [-0.2, 0) is 4.79 Å². The van der Waals surface area contributed by atoms with E-state index in [1.165, 1.54) is 4.88 Å². The van der Waals surface area contributed by atoms with E-state index in [0.29, 0.717) is 0 Å². The Morgan fingerprint density at radius 3 is 2.37 bits per heavy atom. The zero-order valence-corrected chi connectivity index (χ0v) is 13.3. The maximum atomic E-state index is 12.6. The minimum Gasteiger partial charge on any atom is -0.326 e. The van der Waals surface area contributed by atoms with E-state index in [1.54, 1.807) is 11.3 Å². The van der Waals surface area contributed by atoms with Crippen LogP contribution >= 0.6 is 11.3 Å². The topological polar surface area (TPSA) is 23.6 Å². The molecule has 2 heterocycles. The maximum absolute atomic E-state index is 12.6. The summed E-state index contributed by atoms with van der Waals surface area (Å²) in [5.41, 5.74) is -0.116. The molecule has 1 aliphatic heterocycles. The highest BCUT2D eigenvalue weighted by atomic mass is 32.1. The predicted molar refractivity (Wildman–Crippen MR) is 80.4 cm³/mol. The zero-order chi connectivity index (χ0) is 14.2. The second kappa shape index (κ2) is 5.25. The Balaban J connectivity index is 2.33. The second-order valence-electron chi connectivity index (χ2n) is 6.01. The largest absolute Gasteiger partial charge is 0.326 e. The minimum absolute atomic E-state index is 0.0212. The van der Waals surface area contributed by atoms with Crippen LogP contribution in [0.4, 0.5) is 0 Å². The molecule has 1 aromatic heterocycles. The van der Waals surface area contributed by atoms with E-state index >= 15 is 0 Å². The number of rotatable bonds is 4. The van der Waals surface area contributed by atoms with Crippen molar-refractivity contribution >= 4 is 17.2 Å². The summed E-state index contributed by atoms with van der Waals surface area (Å²) in [6, 6.07) is 4.46. The van der Waals surface area contributed by atoms with Crippen molar-refractivity contribution < 1.29 is 4.79 Å². The standard InChI is InChI=1S/C15H24N2OS/c1-6-16(7-2)13-12(11-9-8-10-19-11)17(14(13)18)15(3,4)5/h8-10,12-13H,6-7H2,1-5H3/t12-,13-/m0/s1. The summed E-state index contributed by atoms with van der Waals surface area (Å²) in [5.74, 6) is 0.273. The van der Waals surface area contributed by atoms with Crippen molar-refractivity contribution in [2.24, 2.45) is 0 Å². The summed E-state index contributed by atoms with van der Waals surface area (Å²) in [7, 11) is 0. The third-order valence-electron chi connectivity index (χ3n) is 3.83. The highest BCUT2D eigenvalue weighted by molar-refractivity contribution is 7.10. The summed E-state index contributed by atoms with van der Waals surface area (Å²) >= 11 is 1.75. The van der Waals surface area contributed by atoms with Gasteiger partial charge in [-0.05, 0) is 45.3 Å². The quantitative estimate of drug-likeness (QED) is 0.791. The van der Waals surface area contributed by atoms with Crippen molar-refractivity contribution in [3.05, 3.63) is 22.4 Å². The SMILES string of the molecule is CCN(CC)[C@@H]1C(=O)N(C(C)(C)C)[C@H]1c1cccs1. The number of β-lactam (4-membered cyclic amide) rings is 1. The van der Waals surface area contributed by atoms with Crippen molar-refractivity contribution in [3.8, 4) is 0 Å². The Hall–Kier alpha value is -0.870. The summed E-state index contributed by atoms with van der Waals surface area (Å²) in [6.45, 7) is 12.4. The number of hydrogen-bond acceptors (Lipinski definition) is 3. The van der Waals surface area contributed by atoms with Crippen molar-refractivity contribution in [3.63, 3.8) is 0 Å². The van der Waals surface area contributed by atoms with Crippen LogP contribution in [0.15, 0.2) is 17.5 Å². The number of carbonyl (C=O) groups is 1. The van der Waals surface area contributed by atoms with Crippen molar-refractivity contribution in [1.82, 2.24) is 9.80 Å². The first-order valence-corrected chi connectivity index (χ1v) is 7.90. The fourth-order valence-electron chi connectivity index (χ4n) is 2.94. The molecule has 0 spiro atoms. The van der Waals surface area contributed by atoms with Gasteiger partial charge in [-0.15, -0.1) is 11.3 Å². The molecule has 1 aromatic rings. The Morgan fingerprint density at radius 1 is 1.32 bits per heavy atom. The lowest BCUT2D eigenvalue weighted by Gasteiger charge is -2.56. The molecule has 4 heteroatoms. The molecular weight excluding hydrogens is 256 g/mol. The van der Waals surface area contributed by atoms with Gasteiger partial charge in [0.05, 0.1) is 6.04 Å². The van der Waals surface area contributed by atoms with E-state index in [2.05, 4.69) is 57.0 Å². The first-order valence-electron chi connectivity index (χ1n) is 7.02. The molecule has 0 aromatic carbocycles. The molecule has 0 saturated carbocycles. The number of hydrogen-bond donors (Lipinski definition) is 0. The van der Waals surface area contributed by atoms with Gasteiger partial charge in [-0.25, -0.2) is 0 Å². The van der Waals surface area contributed by atoms with E-state index in [0.717, 1.165) is 13.1 Å². The van der Waals surface area contributed by atoms with Crippen LogP contribution in [0, 0.1) is 0 Å². The second-order valence-corrected chi connectivity index (χ2v) is 6.98. The van der Waals surface area contributed by atoms with Crippen LogP contribution in [0.5, 0.6) is 0 Å².